The molecule has 0 N–H and O–H groups in total. The largest absolute Gasteiger partial charge is 0.494 e. The molecule has 5 nitrogen and oxygen atoms in total. The molecule has 0 fully saturated rings. The van der Waals surface area contributed by atoms with E-state index < -0.39 is 0 Å². The molecule has 0 spiro atoms. The molecule has 158 valence electrons. The van der Waals surface area contributed by atoms with Gasteiger partial charge < -0.3 is 9.64 Å². The summed E-state index contributed by atoms with van der Waals surface area (Å²) in [4.78, 5) is 22.9. The van der Waals surface area contributed by atoms with Crippen LogP contribution in [-0.2, 0) is 0 Å². The molecule has 29 heavy (non-hydrogen) atoms. The van der Waals surface area contributed by atoms with E-state index >= 15 is 0 Å². The number of anilines is 1. The summed E-state index contributed by atoms with van der Waals surface area (Å²) < 4.78 is 7.49. The standard InChI is InChI=1S/C20H24BrN3O2S2.ClH/c1-5-23(6-2)11-12-24(19(25)15-9-10-16(21)27-15)20-22-17-14(26-4)8-7-13(3)18(17)28-20;/h7-10H,5-6,11-12H2,1-4H3;1H. The molecule has 1 aromatic carbocycles. The van der Waals surface area contributed by atoms with Gasteiger partial charge in [-0.1, -0.05) is 31.3 Å². The van der Waals surface area contributed by atoms with Crippen molar-refractivity contribution >= 4 is 72.3 Å². The van der Waals surface area contributed by atoms with Gasteiger partial charge >= 0.3 is 0 Å². The van der Waals surface area contributed by atoms with Crippen LogP contribution >= 0.6 is 51.0 Å². The Balaban J connectivity index is 0.00000300. The fourth-order valence-corrected chi connectivity index (χ4v) is 5.42. The number of nitrogens with zero attached hydrogens (tertiary/aromatic N) is 3. The number of thiazole rings is 1. The molecule has 2 aromatic heterocycles. The Hall–Kier alpha value is -1.19. The number of amides is 1. The molecule has 9 heteroatoms. The lowest BCUT2D eigenvalue weighted by molar-refractivity contribution is 0.0987. The first-order valence-electron chi connectivity index (χ1n) is 9.22. The summed E-state index contributed by atoms with van der Waals surface area (Å²) in [5.41, 5.74) is 1.95. The van der Waals surface area contributed by atoms with Crippen LogP contribution in [0.15, 0.2) is 28.1 Å². The van der Waals surface area contributed by atoms with Crippen molar-refractivity contribution < 1.29 is 9.53 Å². The van der Waals surface area contributed by atoms with Gasteiger partial charge in [0.15, 0.2) is 5.13 Å². The van der Waals surface area contributed by atoms with E-state index in [1.165, 1.54) is 11.3 Å². The maximum absolute atomic E-state index is 13.3. The number of halogens is 2. The molecule has 0 saturated carbocycles. The summed E-state index contributed by atoms with van der Waals surface area (Å²) in [6, 6.07) is 7.73. The van der Waals surface area contributed by atoms with Gasteiger partial charge in [-0.2, -0.15) is 0 Å². The van der Waals surface area contributed by atoms with Crippen LogP contribution in [0.25, 0.3) is 10.2 Å². The summed E-state index contributed by atoms with van der Waals surface area (Å²) in [6.45, 7) is 9.64. The van der Waals surface area contributed by atoms with E-state index in [0.717, 1.165) is 45.0 Å². The number of carbonyl (C=O) groups excluding carboxylic acids is 1. The van der Waals surface area contributed by atoms with Crippen LogP contribution in [0.1, 0.15) is 29.1 Å². The van der Waals surface area contributed by atoms with Gasteiger partial charge in [-0.05, 0) is 59.7 Å². The first kappa shape index (κ1) is 24.1. The number of methoxy groups -OCH3 is 1. The zero-order valence-corrected chi connectivity index (χ0v) is 20.9. The highest BCUT2D eigenvalue weighted by Crippen LogP contribution is 2.37. The van der Waals surface area contributed by atoms with Crippen molar-refractivity contribution in [3.8, 4) is 5.75 Å². The monoisotopic (exact) mass is 517 g/mol. The quantitative estimate of drug-likeness (QED) is 0.375. The van der Waals surface area contributed by atoms with Crippen LogP contribution < -0.4 is 9.64 Å². The molecular formula is C20H25BrClN3O2S2. The predicted octanol–water partition coefficient (Wildman–Crippen LogP) is 5.85. The normalized spacial score (nSPS) is 11.0. The third-order valence-electron chi connectivity index (χ3n) is 4.71. The average molecular weight is 519 g/mol. The average Bonchev–Trinajstić information content (AvgIpc) is 3.32. The SMILES string of the molecule is CCN(CC)CCN(C(=O)c1ccc(Br)s1)c1nc2c(OC)ccc(C)c2s1.Cl. The van der Waals surface area contributed by atoms with Gasteiger partial charge in [0.2, 0.25) is 0 Å². The van der Waals surface area contributed by atoms with Gasteiger partial charge in [-0.3, -0.25) is 9.69 Å². The van der Waals surface area contributed by atoms with Crippen LogP contribution in [0.2, 0.25) is 0 Å². The summed E-state index contributed by atoms with van der Waals surface area (Å²) in [6.07, 6.45) is 0. The van der Waals surface area contributed by atoms with Crippen molar-refractivity contribution in [1.29, 1.82) is 0 Å². The van der Waals surface area contributed by atoms with Crippen molar-refractivity contribution in [2.45, 2.75) is 20.8 Å². The number of fused-ring (bicyclic) bond motifs is 1. The van der Waals surface area contributed by atoms with Crippen LogP contribution in [0.5, 0.6) is 5.75 Å². The maximum atomic E-state index is 13.3. The molecule has 0 bridgehead atoms. The molecule has 0 unspecified atom stereocenters. The van der Waals surface area contributed by atoms with Gasteiger partial charge in [0.25, 0.3) is 5.91 Å². The van der Waals surface area contributed by atoms with Crippen molar-refractivity contribution in [1.82, 2.24) is 9.88 Å². The van der Waals surface area contributed by atoms with Gasteiger partial charge in [-0.15, -0.1) is 23.7 Å². The Bertz CT molecular complexity index is 972. The number of aryl methyl sites for hydroxylation is 1. The molecule has 1 amide bonds. The van der Waals surface area contributed by atoms with Crippen molar-refractivity contribution in [2.24, 2.45) is 0 Å². The Morgan fingerprint density at radius 3 is 2.45 bits per heavy atom. The number of thiophene rings is 1. The minimum absolute atomic E-state index is 0. The summed E-state index contributed by atoms with van der Waals surface area (Å²) >= 11 is 6.45. The first-order chi connectivity index (χ1) is 13.5. The molecule has 0 atom stereocenters. The molecule has 0 aliphatic heterocycles. The fraction of sp³-hybridized carbons (Fsp3) is 0.400. The minimum atomic E-state index is -0.0152. The Morgan fingerprint density at radius 1 is 1.14 bits per heavy atom. The third-order valence-corrected chi connectivity index (χ3v) is 7.53. The number of rotatable bonds is 8. The second kappa shape index (κ2) is 10.7. The number of likely N-dealkylation sites (N-methyl/N-ethyl adjacent to an activating group) is 1. The van der Waals surface area contributed by atoms with E-state index in [9.17, 15) is 4.79 Å². The van der Waals surface area contributed by atoms with Crippen LogP contribution in [0.3, 0.4) is 0 Å². The van der Waals surface area contributed by atoms with Gasteiger partial charge in [0.05, 0.1) is 20.5 Å². The lowest BCUT2D eigenvalue weighted by atomic mass is 10.2. The second-order valence-corrected chi connectivity index (χ2v) is 9.79. The number of aromatic nitrogens is 1. The molecule has 0 radical (unpaired) electrons. The van der Waals surface area contributed by atoms with Gasteiger partial charge in [0, 0.05) is 13.1 Å². The Kier molecular flexibility index (Phi) is 8.91. The maximum Gasteiger partial charge on any atom is 0.270 e. The zero-order valence-electron chi connectivity index (χ0n) is 16.9. The lowest BCUT2D eigenvalue weighted by Gasteiger charge is -2.24. The van der Waals surface area contributed by atoms with Crippen molar-refractivity contribution in [3.63, 3.8) is 0 Å². The topological polar surface area (TPSA) is 45.7 Å². The minimum Gasteiger partial charge on any atom is -0.494 e. The number of benzene rings is 1. The van der Waals surface area contributed by atoms with E-state index in [2.05, 4.69) is 41.6 Å². The number of ether oxygens (including phenoxy) is 1. The van der Waals surface area contributed by atoms with E-state index in [4.69, 9.17) is 9.72 Å². The molecule has 0 aliphatic carbocycles. The molecule has 2 heterocycles. The zero-order chi connectivity index (χ0) is 20.3. The van der Waals surface area contributed by atoms with E-state index in [0.29, 0.717) is 16.6 Å². The van der Waals surface area contributed by atoms with Crippen molar-refractivity contribution in [2.75, 3.05) is 38.2 Å². The summed E-state index contributed by atoms with van der Waals surface area (Å²) in [5, 5.41) is 0.712. The van der Waals surface area contributed by atoms with Crippen molar-refractivity contribution in [3.05, 3.63) is 38.5 Å². The smallest absolute Gasteiger partial charge is 0.270 e. The number of carbonyl (C=O) groups is 1. The van der Waals surface area contributed by atoms with Crippen LogP contribution in [0, 0.1) is 6.92 Å². The molecule has 0 aliphatic rings. The first-order valence-corrected chi connectivity index (χ1v) is 11.6. The van der Waals surface area contributed by atoms with E-state index in [-0.39, 0.29) is 18.3 Å². The number of hydrogen-bond donors (Lipinski definition) is 0. The molecule has 3 aromatic rings. The molecule has 3 rings (SSSR count). The molecule has 0 saturated heterocycles. The lowest BCUT2D eigenvalue weighted by Crippen LogP contribution is -2.38. The fourth-order valence-electron chi connectivity index (χ4n) is 3.01. The highest BCUT2D eigenvalue weighted by molar-refractivity contribution is 9.11. The highest BCUT2D eigenvalue weighted by atomic mass is 79.9. The second-order valence-electron chi connectivity index (χ2n) is 6.35. The highest BCUT2D eigenvalue weighted by Gasteiger charge is 2.24. The van der Waals surface area contributed by atoms with Gasteiger partial charge in [-0.25, -0.2) is 4.98 Å². The van der Waals surface area contributed by atoms with E-state index in [1.807, 2.05) is 24.3 Å². The van der Waals surface area contributed by atoms with Gasteiger partial charge in [0.1, 0.15) is 11.3 Å². The molecular weight excluding hydrogens is 494 g/mol. The Morgan fingerprint density at radius 2 is 1.86 bits per heavy atom. The predicted molar refractivity (Wildman–Crippen MR) is 130 cm³/mol. The summed E-state index contributed by atoms with van der Waals surface area (Å²) in [7, 11) is 1.65. The Labute approximate surface area is 194 Å². The summed E-state index contributed by atoms with van der Waals surface area (Å²) in [5.74, 6) is 0.719. The van der Waals surface area contributed by atoms with Crippen LogP contribution in [0.4, 0.5) is 5.13 Å². The van der Waals surface area contributed by atoms with E-state index in [1.54, 1.807) is 23.3 Å². The number of hydrogen-bond acceptors (Lipinski definition) is 6. The third kappa shape index (κ3) is 5.30. The van der Waals surface area contributed by atoms with Crippen LogP contribution in [-0.4, -0.2) is 49.1 Å².